The van der Waals surface area contributed by atoms with Crippen molar-refractivity contribution in [2.45, 2.75) is 32.1 Å². The normalized spacial score (nSPS) is 21.1. The van der Waals surface area contributed by atoms with Gasteiger partial charge in [-0.2, -0.15) is 10.2 Å². The number of carbonyl (C=O) groups excluding carboxylic acids is 2. The Kier molecular flexibility index (Phi) is 2.89. The van der Waals surface area contributed by atoms with Crippen molar-refractivity contribution in [1.82, 2.24) is 4.90 Å². The molecular formula is C10H13N3O2. The molecule has 0 aromatic rings. The van der Waals surface area contributed by atoms with E-state index in [2.05, 4.69) is 10.2 Å². The number of hydrogen-bond acceptors (Lipinski definition) is 4. The number of likely N-dealkylation sites (tertiary alicyclic amines) is 1. The molecule has 0 aromatic heterocycles. The lowest BCUT2D eigenvalue weighted by Gasteiger charge is -2.24. The van der Waals surface area contributed by atoms with Crippen LogP contribution in [0.3, 0.4) is 0 Å². The topological polar surface area (TPSA) is 62.1 Å². The molecule has 80 valence electrons. The fourth-order valence-electron chi connectivity index (χ4n) is 1.75. The number of imide groups is 1. The second-order valence-electron chi connectivity index (χ2n) is 3.71. The van der Waals surface area contributed by atoms with Crippen LogP contribution in [0.4, 0.5) is 0 Å². The fourth-order valence-corrected chi connectivity index (χ4v) is 1.75. The predicted molar refractivity (Wildman–Crippen MR) is 55.7 cm³/mol. The molecule has 2 heterocycles. The molecule has 2 aliphatic rings. The van der Waals surface area contributed by atoms with Gasteiger partial charge in [-0.1, -0.05) is 0 Å². The lowest BCUT2D eigenvalue weighted by molar-refractivity contribution is -0.147. The van der Waals surface area contributed by atoms with Gasteiger partial charge in [0.1, 0.15) is 0 Å². The third kappa shape index (κ3) is 2.29. The zero-order valence-electron chi connectivity index (χ0n) is 8.48. The van der Waals surface area contributed by atoms with Gasteiger partial charge in [-0.3, -0.25) is 14.5 Å². The van der Waals surface area contributed by atoms with Crippen molar-refractivity contribution in [3.63, 3.8) is 0 Å². The molecule has 5 nitrogen and oxygen atoms in total. The average Bonchev–Trinajstić information content (AvgIpc) is 2.70. The highest BCUT2D eigenvalue weighted by Gasteiger charge is 2.25. The summed E-state index contributed by atoms with van der Waals surface area (Å²) in [5.41, 5.74) is 0.946. The van der Waals surface area contributed by atoms with Crippen molar-refractivity contribution < 1.29 is 9.59 Å². The second kappa shape index (κ2) is 4.33. The van der Waals surface area contributed by atoms with Crippen LogP contribution in [0.2, 0.25) is 0 Å². The van der Waals surface area contributed by atoms with E-state index in [-0.39, 0.29) is 11.8 Å². The van der Waals surface area contributed by atoms with Gasteiger partial charge in [-0.15, -0.1) is 0 Å². The first-order chi connectivity index (χ1) is 7.27. The van der Waals surface area contributed by atoms with Gasteiger partial charge >= 0.3 is 0 Å². The number of piperidine rings is 1. The monoisotopic (exact) mass is 207 g/mol. The molecule has 2 rings (SSSR count). The van der Waals surface area contributed by atoms with Gasteiger partial charge in [0, 0.05) is 44.2 Å². The first kappa shape index (κ1) is 10.0. The zero-order valence-corrected chi connectivity index (χ0v) is 8.48. The maximum Gasteiger partial charge on any atom is 0.229 e. The summed E-state index contributed by atoms with van der Waals surface area (Å²) in [6.45, 7) is 0.458. The van der Waals surface area contributed by atoms with E-state index in [1.807, 2.05) is 0 Å². The summed E-state index contributed by atoms with van der Waals surface area (Å²) in [6.07, 6.45) is 4.81. The molecular weight excluding hydrogens is 194 g/mol. The minimum atomic E-state index is -0.0502. The van der Waals surface area contributed by atoms with Gasteiger partial charge in [0.15, 0.2) is 0 Å². The summed E-state index contributed by atoms with van der Waals surface area (Å²) >= 11 is 0. The Balaban J connectivity index is 1.87. The minimum Gasteiger partial charge on any atom is -0.282 e. The Morgan fingerprint density at radius 3 is 2.60 bits per heavy atom. The smallest absolute Gasteiger partial charge is 0.229 e. The highest BCUT2D eigenvalue weighted by molar-refractivity contribution is 6.00. The third-order valence-corrected chi connectivity index (χ3v) is 2.62. The van der Waals surface area contributed by atoms with Crippen LogP contribution in [0, 0.1) is 0 Å². The van der Waals surface area contributed by atoms with Crippen molar-refractivity contribution in [3.8, 4) is 0 Å². The highest BCUT2D eigenvalue weighted by Crippen LogP contribution is 2.13. The fraction of sp³-hybridized carbons (Fsp3) is 0.600. The summed E-state index contributed by atoms with van der Waals surface area (Å²) in [5.74, 6) is -0.100. The summed E-state index contributed by atoms with van der Waals surface area (Å²) in [6, 6.07) is 0. The zero-order chi connectivity index (χ0) is 10.7. The Bertz CT molecular complexity index is 331. The van der Waals surface area contributed by atoms with Gasteiger partial charge in [-0.25, -0.2) is 0 Å². The van der Waals surface area contributed by atoms with Crippen LogP contribution in [-0.2, 0) is 9.59 Å². The van der Waals surface area contributed by atoms with E-state index in [1.54, 1.807) is 6.21 Å². The largest absolute Gasteiger partial charge is 0.282 e. The van der Waals surface area contributed by atoms with E-state index in [4.69, 9.17) is 0 Å². The molecule has 0 unspecified atom stereocenters. The predicted octanol–water partition coefficient (Wildman–Crippen LogP) is 0.746. The molecule has 0 aromatic carbocycles. The van der Waals surface area contributed by atoms with E-state index in [9.17, 15) is 9.59 Å². The molecule has 0 aliphatic carbocycles. The Labute approximate surface area is 87.9 Å². The van der Waals surface area contributed by atoms with Gasteiger partial charge < -0.3 is 0 Å². The minimum absolute atomic E-state index is 0.0502. The third-order valence-electron chi connectivity index (χ3n) is 2.62. The Morgan fingerprint density at radius 1 is 1.27 bits per heavy atom. The van der Waals surface area contributed by atoms with E-state index < -0.39 is 0 Å². The van der Waals surface area contributed by atoms with Crippen molar-refractivity contribution >= 4 is 23.7 Å². The lowest BCUT2D eigenvalue weighted by Crippen LogP contribution is -2.41. The molecule has 1 fully saturated rings. The maximum atomic E-state index is 11.4. The van der Waals surface area contributed by atoms with Crippen LogP contribution in [0.5, 0.6) is 0 Å². The molecule has 0 N–H and O–H groups in total. The summed E-state index contributed by atoms with van der Waals surface area (Å²) < 4.78 is 0. The molecule has 0 saturated carbocycles. The summed E-state index contributed by atoms with van der Waals surface area (Å²) in [5, 5.41) is 7.65. The molecule has 5 heteroatoms. The summed E-state index contributed by atoms with van der Waals surface area (Å²) in [4.78, 5) is 24.2. The lowest BCUT2D eigenvalue weighted by atomic mass is 10.1. The van der Waals surface area contributed by atoms with Gasteiger partial charge in [0.2, 0.25) is 11.8 Å². The molecule has 0 spiro atoms. The van der Waals surface area contributed by atoms with Gasteiger partial charge in [-0.05, 0) is 6.42 Å². The van der Waals surface area contributed by atoms with Crippen LogP contribution in [0.15, 0.2) is 10.2 Å². The quantitative estimate of drug-likeness (QED) is 0.641. The number of amides is 2. The van der Waals surface area contributed by atoms with Crippen LogP contribution in [-0.4, -0.2) is 35.2 Å². The van der Waals surface area contributed by atoms with Gasteiger partial charge in [0.05, 0.1) is 0 Å². The molecule has 2 amide bonds. The molecule has 2 aliphatic heterocycles. The van der Waals surface area contributed by atoms with Crippen molar-refractivity contribution in [1.29, 1.82) is 0 Å². The Hall–Kier alpha value is -1.52. The molecule has 15 heavy (non-hydrogen) atoms. The molecule has 0 radical (unpaired) electrons. The Morgan fingerprint density at radius 2 is 2.00 bits per heavy atom. The molecule has 0 bridgehead atoms. The number of nitrogens with zero attached hydrogens (tertiary/aromatic N) is 3. The van der Waals surface area contributed by atoms with E-state index in [0.717, 1.165) is 12.1 Å². The van der Waals surface area contributed by atoms with Crippen molar-refractivity contribution in [3.05, 3.63) is 0 Å². The van der Waals surface area contributed by atoms with E-state index in [1.165, 1.54) is 4.90 Å². The van der Waals surface area contributed by atoms with Gasteiger partial charge in [0.25, 0.3) is 0 Å². The van der Waals surface area contributed by atoms with Crippen LogP contribution in [0.25, 0.3) is 0 Å². The number of hydrogen-bond donors (Lipinski definition) is 0. The first-order valence-electron chi connectivity index (χ1n) is 5.18. The summed E-state index contributed by atoms with van der Waals surface area (Å²) in [7, 11) is 0. The highest BCUT2D eigenvalue weighted by atomic mass is 16.2. The van der Waals surface area contributed by atoms with Crippen molar-refractivity contribution in [2.24, 2.45) is 10.2 Å². The SMILES string of the molecule is O=C1CCCC(=O)N1CCC1=NN=CC1. The average molecular weight is 207 g/mol. The second-order valence-corrected chi connectivity index (χ2v) is 3.71. The van der Waals surface area contributed by atoms with E-state index >= 15 is 0 Å². The maximum absolute atomic E-state index is 11.4. The van der Waals surface area contributed by atoms with Crippen LogP contribution in [0.1, 0.15) is 32.1 Å². The number of carbonyl (C=O) groups is 2. The van der Waals surface area contributed by atoms with Crippen LogP contribution < -0.4 is 0 Å². The number of rotatable bonds is 3. The van der Waals surface area contributed by atoms with Crippen molar-refractivity contribution in [2.75, 3.05) is 6.54 Å². The molecule has 1 saturated heterocycles. The first-order valence-corrected chi connectivity index (χ1v) is 5.18. The molecule has 0 atom stereocenters. The standard InChI is InChI=1S/C10H13N3O2/c14-9-2-1-3-10(15)13(9)7-5-8-4-6-11-12-8/h6H,1-5,7H2. The van der Waals surface area contributed by atoms with E-state index in [0.29, 0.717) is 32.2 Å². The van der Waals surface area contributed by atoms with Crippen LogP contribution >= 0.6 is 0 Å².